The molecule has 2 rings (SSSR count). The van der Waals surface area contributed by atoms with E-state index < -0.39 is 0 Å². The number of benzene rings is 1. The first-order valence-electron chi connectivity index (χ1n) is 8.96. The highest BCUT2D eigenvalue weighted by Gasteiger charge is 2.33. The van der Waals surface area contributed by atoms with Crippen LogP contribution in [0.5, 0.6) is 0 Å². The maximum Gasteiger partial charge on any atom is 0.229 e. The van der Waals surface area contributed by atoms with Crippen molar-refractivity contribution in [2.75, 3.05) is 45.2 Å². The summed E-state index contributed by atoms with van der Waals surface area (Å²) < 4.78 is 5.01. The van der Waals surface area contributed by atoms with E-state index in [9.17, 15) is 9.59 Å². The lowest BCUT2D eigenvalue weighted by atomic mass is 10.1. The molecule has 0 bridgehead atoms. The van der Waals surface area contributed by atoms with E-state index >= 15 is 0 Å². The molecule has 1 fully saturated rings. The van der Waals surface area contributed by atoms with Crippen molar-refractivity contribution in [3.63, 3.8) is 0 Å². The van der Waals surface area contributed by atoms with Crippen LogP contribution in [0.4, 0.5) is 5.69 Å². The summed E-state index contributed by atoms with van der Waals surface area (Å²) in [6.07, 6.45) is 0.273. The fraction of sp³-hybridized carbons (Fsp3) is 0.579. The van der Waals surface area contributed by atoms with E-state index in [4.69, 9.17) is 4.74 Å². The second kappa shape index (κ2) is 9.53. The predicted octanol–water partition coefficient (Wildman–Crippen LogP) is 1.96. The SMILES string of the molecule is CCN(CC)Cc1cccc(NC(=O)[C@H]2CC(=O)N(CCOC)C2)c1. The zero-order valence-corrected chi connectivity index (χ0v) is 15.5. The first-order chi connectivity index (χ1) is 12.1. The molecule has 6 heteroatoms. The molecule has 6 nitrogen and oxygen atoms in total. The van der Waals surface area contributed by atoms with Gasteiger partial charge in [0, 0.05) is 38.9 Å². The molecule has 0 unspecified atom stereocenters. The zero-order valence-electron chi connectivity index (χ0n) is 15.5. The number of hydrogen-bond donors (Lipinski definition) is 1. The first-order valence-corrected chi connectivity index (χ1v) is 8.96. The average Bonchev–Trinajstić information content (AvgIpc) is 2.99. The molecular weight excluding hydrogens is 318 g/mol. The molecule has 1 atom stereocenters. The van der Waals surface area contributed by atoms with Gasteiger partial charge in [0.05, 0.1) is 12.5 Å². The van der Waals surface area contributed by atoms with Crippen molar-refractivity contribution < 1.29 is 14.3 Å². The third-order valence-corrected chi connectivity index (χ3v) is 4.65. The molecule has 2 amide bonds. The van der Waals surface area contributed by atoms with Gasteiger partial charge in [-0.15, -0.1) is 0 Å². The molecule has 1 heterocycles. The van der Waals surface area contributed by atoms with Crippen LogP contribution in [0.1, 0.15) is 25.8 Å². The zero-order chi connectivity index (χ0) is 18.2. The highest BCUT2D eigenvalue weighted by atomic mass is 16.5. The molecule has 0 radical (unpaired) electrons. The van der Waals surface area contributed by atoms with Gasteiger partial charge >= 0.3 is 0 Å². The molecule has 1 aromatic carbocycles. The number of amides is 2. The van der Waals surface area contributed by atoms with Crippen LogP contribution in [0.15, 0.2) is 24.3 Å². The van der Waals surface area contributed by atoms with E-state index in [0.717, 1.165) is 25.3 Å². The number of anilines is 1. The monoisotopic (exact) mass is 347 g/mol. The molecule has 1 aliphatic rings. The van der Waals surface area contributed by atoms with Gasteiger partial charge in [-0.25, -0.2) is 0 Å². The smallest absolute Gasteiger partial charge is 0.229 e. The van der Waals surface area contributed by atoms with Crippen molar-refractivity contribution in [2.45, 2.75) is 26.8 Å². The highest BCUT2D eigenvalue weighted by molar-refractivity contribution is 5.97. The Balaban J connectivity index is 1.93. The van der Waals surface area contributed by atoms with Crippen LogP contribution in [-0.4, -0.2) is 61.5 Å². The van der Waals surface area contributed by atoms with E-state index in [1.54, 1.807) is 12.0 Å². The second-order valence-corrected chi connectivity index (χ2v) is 6.38. The van der Waals surface area contributed by atoms with Gasteiger partial charge < -0.3 is 15.0 Å². The molecule has 0 aliphatic carbocycles. The van der Waals surface area contributed by atoms with E-state index in [-0.39, 0.29) is 24.2 Å². The molecule has 1 aromatic rings. The first kappa shape index (κ1) is 19.4. The van der Waals surface area contributed by atoms with Crippen molar-refractivity contribution in [1.82, 2.24) is 9.80 Å². The standard InChI is InChI=1S/C19H29N3O3/c1-4-21(5-2)13-15-7-6-8-17(11-15)20-19(24)16-12-18(23)22(14-16)9-10-25-3/h6-8,11,16H,4-5,9-10,12-14H2,1-3H3,(H,20,24)/t16-/m0/s1. The third-order valence-electron chi connectivity index (χ3n) is 4.65. The van der Waals surface area contributed by atoms with Gasteiger partial charge in [0.1, 0.15) is 0 Å². The average molecular weight is 347 g/mol. The van der Waals surface area contributed by atoms with Gasteiger partial charge in [-0.05, 0) is 30.8 Å². The van der Waals surface area contributed by atoms with Gasteiger partial charge in [-0.2, -0.15) is 0 Å². The summed E-state index contributed by atoms with van der Waals surface area (Å²) in [6.45, 7) is 8.63. The minimum atomic E-state index is -0.296. The Hall–Kier alpha value is -1.92. The molecule has 1 N–H and O–H groups in total. The number of hydrogen-bond acceptors (Lipinski definition) is 4. The Morgan fingerprint density at radius 2 is 2.12 bits per heavy atom. The molecule has 0 saturated carbocycles. The van der Waals surface area contributed by atoms with Crippen molar-refractivity contribution in [3.05, 3.63) is 29.8 Å². The van der Waals surface area contributed by atoms with E-state index in [1.807, 2.05) is 18.2 Å². The maximum absolute atomic E-state index is 12.5. The van der Waals surface area contributed by atoms with Gasteiger partial charge in [-0.1, -0.05) is 26.0 Å². The number of likely N-dealkylation sites (tertiary alicyclic amines) is 1. The molecule has 25 heavy (non-hydrogen) atoms. The lowest BCUT2D eigenvalue weighted by Gasteiger charge is -2.19. The van der Waals surface area contributed by atoms with Gasteiger partial charge in [0.2, 0.25) is 11.8 Å². The minimum absolute atomic E-state index is 0.0208. The lowest BCUT2D eigenvalue weighted by Crippen LogP contribution is -2.30. The molecule has 0 spiro atoms. The molecule has 1 saturated heterocycles. The summed E-state index contributed by atoms with van der Waals surface area (Å²) in [4.78, 5) is 28.5. The summed E-state index contributed by atoms with van der Waals surface area (Å²) in [5, 5.41) is 2.96. The maximum atomic E-state index is 12.5. The Bertz CT molecular complexity index is 587. The number of nitrogens with one attached hydrogen (secondary N) is 1. The molecule has 0 aromatic heterocycles. The fourth-order valence-electron chi connectivity index (χ4n) is 3.06. The highest BCUT2D eigenvalue weighted by Crippen LogP contribution is 2.20. The van der Waals surface area contributed by atoms with E-state index in [1.165, 1.54) is 5.56 Å². The normalized spacial score (nSPS) is 17.4. The van der Waals surface area contributed by atoms with Crippen molar-refractivity contribution in [1.29, 1.82) is 0 Å². The Morgan fingerprint density at radius 1 is 1.36 bits per heavy atom. The van der Waals surface area contributed by atoms with E-state index in [0.29, 0.717) is 19.7 Å². The second-order valence-electron chi connectivity index (χ2n) is 6.38. The van der Waals surface area contributed by atoms with Crippen LogP contribution in [0.25, 0.3) is 0 Å². The van der Waals surface area contributed by atoms with Gasteiger partial charge in [-0.3, -0.25) is 14.5 Å². The van der Waals surface area contributed by atoms with Crippen molar-refractivity contribution in [3.8, 4) is 0 Å². The summed E-state index contributed by atoms with van der Waals surface area (Å²) in [5.41, 5.74) is 1.96. The van der Waals surface area contributed by atoms with Crippen LogP contribution in [0, 0.1) is 5.92 Å². The Morgan fingerprint density at radius 3 is 2.80 bits per heavy atom. The number of carbonyl (C=O) groups is 2. The third kappa shape index (κ3) is 5.54. The quantitative estimate of drug-likeness (QED) is 0.742. The van der Waals surface area contributed by atoms with Crippen LogP contribution in [-0.2, 0) is 20.9 Å². The minimum Gasteiger partial charge on any atom is -0.383 e. The Kier molecular flexibility index (Phi) is 7.40. The topological polar surface area (TPSA) is 61.9 Å². The van der Waals surface area contributed by atoms with Gasteiger partial charge in [0.25, 0.3) is 0 Å². The lowest BCUT2D eigenvalue weighted by molar-refractivity contribution is -0.128. The summed E-state index contributed by atoms with van der Waals surface area (Å²) in [5.74, 6) is -0.364. The van der Waals surface area contributed by atoms with Crippen LogP contribution >= 0.6 is 0 Å². The summed E-state index contributed by atoms with van der Waals surface area (Å²) >= 11 is 0. The number of methoxy groups -OCH3 is 1. The van der Waals surface area contributed by atoms with Gasteiger partial charge in [0.15, 0.2) is 0 Å². The summed E-state index contributed by atoms with van der Waals surface area (Å²) in [6, 6.07) is 7.93. The van der Waals surface area contributed by atoms with Crippen molar-refractivity contribution >= 4 is 17.5 Å². The molecular formula is C19H29N3O3. The number of ether oxygens (including phenoxy) is 1. The molecule has 1 aliphatic heterocycles. The fourth-order valence-corrected chi connectivity index (χ4v) is 3.06. The predicted molar refractivity (Wildman–Crippen MR) is 98.3 cm³/mol. The van der Waals surface area contributed by atoms with Crippen LogP contribution < -0.4 is 5.32 Å². The summed E-state index contributed by atoms with van der Waals surface area (Å²) in [7, 11) is 1.61. The number of rotatable bonds is 9. The van der Waals surface area contributed by atoms with Crippen LogP contribution in [0.3, 0.4) is 0 Å². The van der Waals surface area contributed by atoms with E-state index in [2.05, 4.69) is 30.1 Å². The van der Waals surface area contributed by atoms with Crippen LogP contribution in [0.2, 0.25) is 0 Å². The molecule has 138 valence electrons. The number of nitrogens with zero attached hydrogens (tertiary/aromatic N) is 2. The largest absolute Gasteiger partial charge is 0.383 e. The van der Waals surface area contributed by atoms with Crippen molar-refractivity contribution in [2.24, 2.45) is 5.92 Å². The number of carbonyl (C=O) groups excluding carboxylic acids is 2. The Labute approximate surface area is 150 Å².